The molecule has 1 aliphatic rings. The number of hydrogen-bond donors (Lipinski definition) is 1. The standard InChI is InChI=1S/C22H21FN4OS/c23-19-9-18(6-7-21(19)28-13-15-4-2-1-3-5-15)26-22-27-20(14-29-22)17-8-16(10-24)11-25-12-17/h6-9,11-12,14-15H,1-5,13H2,(H,26,27). The molecule has 148 valence electrons. The molecule has 1 saturated carbocycles. The van der Waals surface area contributed by atoms with Gasteiger partial charge in [0.05, 0.1) is 17.9 Å². The van der Waals surface area contributed by atoms with Crippen molar-refractivity contribution in [2.45, 2.75) is 32.1 Å². The Hall–Kier alpha value is -2.98. The van der Waals surface area contributed by atoms with Crippen molar-refractivity contribution < 1.29 is 9.13 Å². The number of nitrogens with zero attached hydrogens (tertiary/aromatic N) is 3. The lowest BCUT2D eigenvalue weighted by Crippen LogP contribution is -2.15. The van der Waals surface area contributed by atoms with E-state index in [0.29, 0.717) is 34.7 Å². The Morgan fingerprint density at radius 3 is 2.86 bits per heavy atom. The van der Waals surface area contributed by atoms with Crippen LogP contribution in [0.3, 0.4) is 0 Å². The van der Waals surface area contributed by atoms with Crippen LogP contribution in [0, 0.1) is 23.1 Å². The number of pyridine rings is 1. The van der Waals surface area contributed by atoms with Gasteiger partial charge in [0.25, 0.3) is 0 Å². The number of thiazole rings is 1. The van der Waals surface area contributed by atoms with Crippen molar-refractivity contribution in [1.29, 1.82) is 5.26 Å². The van der Waals surface area contributed by atoms with Crippen molar-refractivity contribution in [2.24, 2.45) is 5.92 Å². The second-order valence-corrected chi connectivity index (χ2v) is 8.06. The Morgan fingerprint density at radius 2 is 2.07 bits per heavy atom. The van der Waals surface area contributed by atoms with E-state index >= 15 is 0 Å². The maximum absolute atomic E-state index is 14.4. The molecule has 2 aromatic heterocycles. The topological polar surface area (TPSA) is 70.8 Å². The van der Waals surface area contributed by atoms with Crippen LogP contribution in [0.25, 0.3) is 11.3 Å². The number of ether oxygens (including phenoxy) is 1. The molecule has 2 heterocycles. The van der Waals surface area contributed by atoms with E-state index in [1.165, 1.54) is 55.7 Å². The van der Waals surface area contributed by atoms with Gasteiger partial charge in [0.15, 0.2) is 16.7 Å². The van der Waals surface area contributed by atoms with Gasteiger partial charge in [0.2, 0.25) is 0 Å². The van der Waals surface area contributed by atoms with Gasteiger partial charge in [-0.2, -0.15) is 5.26 Å². The SMILES string of the molecule is N#Cc1cncc(-c2csc(Nc3ccc(OCC4CCCCC4)c(F)c3)n2)c1. The number of nitriles is 1. The molecule has 0 saturated heterocycles. The maximum Gasteiger partial charge on any atom is 0.187 e. The summed E-state index contributed by atoms with van der Waals surface area (Å²) in [5.74, 6) is 0.442. The first kappa shape index (κ1) is 19.3. The average Bonchev–Trinajstić information content (AvgIpc) is 3.22. The summed E-state index contributed by atoms with van der Waals surface area (Å²) in [5, 5.41) is 14.6. The van der Waals surface area contributed by atoms with E-state index in [4.69, 9.17) is 10.00 Å². The molecule has 1 fully saturated rings. The summed E-state index contributed by atoms with van der Waals surface area (Å²) in [7, 11) is 0. The highest BCUT2D eigenvalue weighted by molar-refractivity contribution is 7.14. The van der Waals surface area contributed by atoms with Gasteiger partial charge >= 0.3 is 0 Å². The summed E-state index contributed by atoms with van der Waals surface area (Å²) in [4.78, 5) is 8.56. The number of anilines is 2. The van der Waals surface area contributed by atoms with Gasteiger partial charge in [-0.25, -0.2) is 9.37 Å². The summed E-state index contributed by atoms with van der Waals surface area (Å²) in [6, 6.07) is 8.69. The van der Waals surface area contributed by atoms with Gasteiger partial charge in [-0.1, -0.05) is 19.3 Å². The zero-order valence-electron chi connectivity index (χ0n) is 15.9. The summed E-state index contributed by atoms with van der Waals surface area (Å²) < 4.78 is 20.2. The number of benzene rings is 1. The third kappa shape index (κ3) is 4.90. The average molecular weight is 409 g/mol. The lowest BCUT2D eigenvalue weighted by Gasteiger charge is -2.21. The Labute approximate surface area is 173 Å². The van der Waals surface area contributed by atoms with Crippen LogP contribution < -0.4 is 10.1 Å². The second kappa shape index (κ2) is 9.01. The molecule has 0 unspecified atom stereocenters. The van der Waals surface area contributed by atoms with Crippen LogP contribution in [-0.4, -0.2) is 16.6 Å². The molecule has 3 aromatic rings. The minimum atomic E-state index is -0.381. The molecule has 5 nitrogen and oxygen atoms in total. The van der Waals surface area contributed by atoms with Crippen molar-refractivity contribution in [1.82, 2.24) is 9.97 Å². The molecule has 0 atom stereocenters. The third-order valence-electron chi connectivity index (χ3n) is 5.05. The van der Waals surface area contributed by atoms with Gasteiger partial charge in [-0.05, 0) is 37.0 Å². The lowest BCUT2D eigenvalue weighted by atomic mass is 9.90. The fourth-order valence-corrected chi connectivity index (χ4v) is 4.23. The van der Waals surface area contributed by atoms with Crippen LogP contribution in [0.15, 0.2) is 42.0 Å². The number of aromatic nitrogens is 2. The predicted molar refractivity (Wildman–Crippen MR) is 112 cm³/mol. The smallest absolute Gasteiger partial charge is 0.187 e. The van der Waals surface area contributed by atoms with Crippen LogP contribution in [0.5, 0.6) is 5.75 Å². The first-order chi connectivity index (χ1) is 14.2. The number of hydrogen-bond acceptors (Lipinski definition) is 6. The fourth-order valence-electron chi connectivity index (χ4n) is 3.49. The molecular formula is C22H21FN4OS. The zero-order chi connectivity index (χ0) is 20.1. The Balaban J connectivity index is 1.40. The highest BCUT2D eigenvalue weighted by atomic mass is 32.1. The molecule has 0 bridgehead atoms. The molecule has 1 N–H and O–H groups in total. The Bertz CT molecular complexity index is 1020. The fraction of sp³-hybridized carbons (Fsp3) is 0.318. The Kier molecular flexibility index (Phi) is 6.01. The van der Waals surface area contributed by atoms with E-state index in [0.717, 1.165) is 11.3 Å². The highest BCUT2D eigenvalue weighted by Gasteiger charge is 2.15. The molecule has 4 rings (SSSR count). The molecule has 0 spiro atoms. The minimum Gasteiger partial charge on any atom is -0.490 e. The Morgan fingerprint density at radius 1 is 1.21 bits per heavy atom. The van der Waals surface area contributed by atoms with Crippen molar-refractivity contribution in [3.05, 3.63) is 53.4 Å². The van der Waals surface area contributed by atoms with Gasteiger partial charge in [0, 0.05) is 35.1 Å². The monoisotopic (exact) mass is 408 g/mol. The van der Waals surface area contributed by atoms with Crippen molar-refractivity contribution >= 4 is 22.2 Å². The first-order valence-electron chi connectivity index (χ1n) is 9.71. The predicted octanol–water partition coefficient (Wildman–Crippen LogP) is 5.92. The molecule has 29 heavy (non-hydrogen) atoms. The lowest BCUT2D eigenvalue weighted by molar-refractivity contribution is 0.202. The number of nitrogens with one attached hydrogen (secondary N) is 1. The van der Waals surface area contributed by atoms with E-state index in [-0.39, 0.29) is 5.82 Å². The van der Waals surface area contributed by atoms with E-state index in [1.54, 1.807) is 24.4 Å². The van der Waals surface area contributed by atoms with Crippen molar-refractivity contribution in [3.63, 3.8) is 0 Å². The molecular weight excluding hydrogens is 387 g/mol. The molecule has 7 heteroatoms. The van der Waals surface area contributed by atoms with E-state index in [9.17, 15) is 4.39 Å². The molecule has 1 aliphatic carbocycles. The van der Waals surface area contributed by atoms with Crippen LogP contribution in [0.2, 0.25) is 0 Å². The van der Waals surface area contributed by atoms with E-state index in [2.05, 4.69) is 21.4 Å². The highest BCUT2D eigenvalue weighted by Crippen LogP contribution is 2.30. The second-order valence-electron chi connectivity index (χ2n) is 7.20. The first-order valence-corrected chi connectivity index (χ1v) is 10.6. The van der Waals surface area contributed by atoms with Gasteiger partial charge < -0.3 is 10.1 Å². The number of rotatable bonds is 6. The van der Waals surface area contributed by atoms with E-state index < -0.39 is 0 Å². The van der Waals surface area contributed by atoms with Crippen molar-refractivity contribution in [2.75, 3.05) is 11.9 Å². The number of halogens is 1. The summed E-state index contributed by atoms with van der Waals surface area (Å²) in [6.45, 7) is 0.579. The van der Waals surface area contributed by atoms with Gasteiger partial charge in [-0.15, -0.1) is 11.3 Å². The van der Waals surface area contributed by atoms with Crippen LogP contribution in [0.1, 0.15) is 37.7 Å². The van der Waals surface area contributed by atoms with Gasteiger partial charge in [0.1, 0.15) is 6.07 Å². The zero-order valence-corrected chi connectivity index (χ0v) is 16.7. The largest absolute Gasteiger partial charge is 0.490 e. The maximum atomic E-state index is 14.4. The quantitative estimate of drug-likeness (QED) is 0.548. The third-order valence-corrected chi connectivity index (χ3v) is 5.81. The van der Waals surface area contributed by atoms with E-state index in [1.807, 2.05) is 5.38 Å². The van der Waals surface area contributed by atoms with Gasteiger partial charge in [-0.3, -0.25) is 4.98 Å². The summed E-state index contributed by atoms with van der Waals surface area (Å²) in [6.07, 6.45) is 9.29. The van der Waals surface area contributed by atoms with Crippen molar-refractivity contribution in [3.8, 4) is 23.1 Å². The van der Waals surface area contributed by atoms with Crippen LogP contribution in [-0.2, 0) is 0 Å². The minimum absolute atomic E-state index is 0.292. The molecule has 0 amide bonds. The summed E-state index contributed by atoms with van der Waals surface area (Å²) in [5.41, 5.74) is 2.58. The molecule has 0 radical (unpaired) electrons. The molecule has 0 aliphatic heterocycles. The van der Waals surface area contributed by atoms with Crippen LogP contribution in [0.4, 0.5) is 15.2 Å². The van der Waals surface area contributed by atoms with Crippen LogP contribution >= 0.6 is 11.3 Å². The molecule has 1 aromatic carbocycles. The normalized spacial score (nSPS) is 14.3. The summed E-state index contributed by atoms with van der Waals surface area (Å²) >= 11 is 1.41.